The number of carboxylic acids is 1. The summed E-state index contributed by atoms with van der Waals surface area (Å²) < 4.78 is 19.2. The molecule has 0 unspecified atom stereocenters. The van der Waals surface area contributed by atoms with Crippen LogP contribution in [0.2, 0.25) is 0 Å². The van der Waals surface area contributed by atoms with E-state index in [4.69, 9.17) is 9.84 Å². The molecule has 0 bridgehead atoms. The number of aromatic carboxylic acids is 1. The van der Waals surface area contributed by atoms with Crippen LogP contribution in [0.1, 0.15) is 44.4 Å². The molecule has 0 spiro atoms. The van der Waals surface area contributed by atoms with Crippen molar-refractivity contribution in [2.45, 2.75) is 13.3 Å². The Balaban J connectivity index is 2.01. The lowest BCUT2D eigenvalue weighted by Crippen LogP contribution is -2.25. The van der Waals surface area contributed by atoms with E-state index in [1.807, 2.05) is 6.92 Å². The van der Waals surface area contributed by atoms with Crippen LogP contribution in [0.3, 0.4) is 0 Å². The molecule has 0 heterocycles. The number of hydrogen-bond acceptors (Lipinski definition) is 4. The van der Waals surface area contributed by atoms with E-state index in [1.165, 1.54) is 6.07 Å². The van der Waals surface area contributed by atoms with E-state index >= 15 is 0 Å². The third kappa shape index (κ3) is 5.88. The third-order valence-electron chi connectivity index (χ3n) is 3.80. The molecule has 0 saturated carbocycles. The van der Waals surface area contributed by atoms with Crippen LogP contribution in [0.5, 0.6) is 0 Å². The van der Waals surface area contributed by atoms with Crippen molar-refractivity contribution in [3.05, 3.63) is 65.0 Å². The van der Waals surface area contributed by atoms with E-state index in [0.29, 0.717) is 37.4 Å². The van der Waals surface area contributed by atoms with Crippen molar-refractivity contribution < 1.29 is 28.6 Å². The normalized spacial score (nSPS) is 10.4. The van der Waals surface area contributed by atoms with Gasteiger partial charge in [-0.1, -0.05) is 6.07 Å². The Morgan fingerprint density at radius 2 is 1.86 bits per heavy atom. The molecule has 2 amide bonds. The molecular weight excluding hydrogens is 367 g/mol. The van der Waals surface area contributed by atoms with E-state index in [9.17, 15) is 18.8 Å². The second-order valence-corrected chi connectivity index (χ2v) is 5.84. The Morgan fingerprint density at radius 3 is 2.54 bits per heavy atom. The van der Waals surface area contributed by atoms with E-state index in [1.54, 1.807) is 18.2 Å². The number of ether oxygens (including phenoxy) is 1. The summed E-state index contributed by atoms with van der Waals surface area (Å²) in [6.07, 6.45) is 0.682. The lowest BCUT2D eigenvalue weighted by atomic mass is 10.1. The summed E-state index contributed by atoms with van der Waals surface area (Å²) in [6.45, 7) is 3.52. The lowest BCUT2D eigenvalue weighted by Gasteiger charge is -2.09. The summed E-state index contributed by atoms with van der Waals surface area (Å²) in [5.74, 6) is -3.28. The zero-order valence-corrected chi connectivity index (χ0v) is 15.3. The molecule has 2 rings (SSSR count). The summed E-state index contributed by atoms with van der Waals surface area (Å²) in [5.41, 5.74) is 0.109. The summed E-state index contributed by atoms with van der Waals surface area (Å²) in [5, 5.41) is 14.1. The number of anilines is 1. The van der Waals surface area contributed by atoms with Crippen LogP contribution < -0.4 is 10.6 Å². The molecule has 0 fully saturated rings. The Morgan fingerprint density at radius 1 is 1.07 bits per heavy atom. The highest BCUT2D eigenvalue weighted by molar-refractivity contribution is 6.05. The molecule has 0 aliphatic rings. The minimum atomic E-state index is -1.29. The molecule has 0 saturated heterocycles. The fraction of sp³-hybridized carbons (Fsp3) is 0.250. The number of halogens is 1. The Bertz CT molecular complexity index is 869. The maximum Gasteiger partial charge on any atom is 0.335 e. The number of carbonyl (C=O) groups is 3. The zero-order chi connectivity index (χ0) is 20.5. The average Bonchev–Trinajstić information content (AvgIpc) is 2.67. The van der Waals surface area contributed by atoms with Gasteiger partial charge in [-0.05, 0) is 49.7 Å². The minimum Gasteiger partial charge on any atom is -0.478 e. The Hall–Kier alpha value is -3.26. The standard InChI is InChI=1S/C20H21FN2O5/c1-2-28-10-4-9-22-18(24)13-5-3-6-15(11-13)23-19(25)16-8-7-14(20(26)27)12-17(16)21/h3,5-8,11-12H,2,4,9-10H2,1H3,(H,22,24)(H,23,25)(H,26,27). The highest BCUT2D eigenvalue weighted by Crippen LogP contribution is 2.15. The number of amides is 2. The molecule has 0 atom stereocenters. The number of carboxylic acid groups (broad SMARTS) is 1. The molecule has 3 N–H and O–H groups in total. The predicted octanol–water partition coefficient (Wildman–Crippen LogP) is 2.93. The van der Waals surface area contributed by atoms with Crippen molar-refractivity contribution in [2.24, 2.45) is 0 Å². The van der Waals surface area contributed by atoms with Crippen molar-refractivity contribution in [2.75, 3.05) is 25.1 Å². The van der Waals surface area contributed by atoms with Crippen LogP contribution in [-0.2, 0) is 4.74 Å². The largest absolute Gasteiger partial charge is 0.478 e. The molecule has 0 aliphatic carbocycles. The Labute approximate surface area is 161 Å². The molecule has 0 radical (unpaired) electrons. The van der Waals surface area contributed by atoms with Gasteiger partial charge in [0.25, 0.3) is 11.8 Å². The van der Waals surface area contributed by atoms with Gasteiger partial charge in [0.15, 0.2) is 0 Å². The summed E-state index contributed by atoms with van der Waals surface area (Å²) >= 11 is 0. The maximum absolute atomic E-state index is 14.0. The molecule has 2 aromatic rings. The van der Waals surface area contributed by atoms with Crippen molar-refractivity contribution in [3.8, 4) is 0 Å². The van der Waals surface area contributed by atoms with Crippen LogP contribution in [0.25, 0.3) is 0 Å². The van der Waals surface area contributed by atoms with Gasteiger partial charge in [0.1, 0.15) is 5.82 Å². The van der Waals surface area contributed by atoms with Gasteiger partial charge in [-0.25, -0.2) is 9.18 Å². The molecule has 7 nitrogen and oxygen atoms in total. The van der Waals surface area contributed by atoms with Crippen molar-refractivity contribution in [1.82, 2.24) is 5.32 Å². The van der Waals surface area contributed by atoms with E-state index in [-0.39, 0.29) is 17.0 Å². The average molecular weight is 388 g/mol. The smallest absolute Gasteiger partial charge is 0.335 e. The first-order valence-electron chi connectivity index (χ1n) is 8.72. The van der Waals surface area contributed by atoms with E-state index in [2.05, 4.69) is 10.6 Å². The van der Waals surface area contributed by atoms with Gasteiger partial charge >= 0.3 is 5.97 Å². The van der Waals surface area contributed by atoms with Crippen molar-refractivity contribution in [1.29, 1.82) is 0 Å². The van der Waals surface area contributed by atoms with Crippen LogP contribution in [0.15, 0.2) is 42.5 Å². The molecular formula is C20H21FN2O5. The number of hydrogen-bond donors (Lipinski definition) is 3. The van der Waals surface area contributed by atoms with Gasteiger partial charge in [0, 0.05) is 31.0 Å². The first-order valence-corrected chi connectivity index (χ1v) is 8.72. The summed E-state index contributed by atoms with van der Waals surface area (Å²) in [7, 11) is 0. The van der Waals surface area contributed by atoms with E-state index in [0.717, 1.165) is 18.2 Å². The van der Waals surface area contributed by atoms with Crippen LogP contribution >= 0.6 is 0 Å². The SMILES string of the molecule is CCOCCCNC(=O)c1cccc(NC(=O)c2ccc(C(=O)O)cc2F)c1. The fourth-order valence-electron chi connectivity index (χ4n) is 2.39. The monoisotopic (exact) mass is 388 g/mol. The van der Waals surface area contributed by atoms with E-state index < -0.39 is 17.7 Å². The lowest BCUT2D eigenvalue weighted by molar-refractivity contribution is 0.0695. The first-order chi connectivity index (χ1) is 13.4. The van der Waals surface area contributed by atoms with Crippen LogP contribution in [-0.4, -0.2) is 42.6 Å². The van der Waals surface area contributed by atoms with Gasteiger partial charge in [-0.15, -0.1) is 0 Å². The van der Waals surface area contributed by atoms with Crippen molar-refractivity contribution >= 4 is 23.5 Å². The number of nitrogens with one attached hydrogen (secondary N) is 2. The number of benzene rings is 2. The minimum absolute atomic E-state index is 0.253. The van der Waals surface area contributed by atoms with Gasteiger partial charge in [0.2, 0.25) is 0 Å². The Kier molecular flexibility index (Phi) is 7.65. The molecule has 28 heavy (non-hydrogen) atoms. The quantitative estimate of drug-likeness (QED) is 0.573. The second kappa shape index (κ2) is 10.2. The highest BCUT2D eigenvalue weighted by Gasteiger charge is 2.15. The van der Waals surface area contributed by atoms with Gasteiger partial charge < -0.3 is 20.5 Å². The predicted molar refractivity (Wildman–Crippen MR) is 101 cm³/mol. The van der Waals surface area contributed by atoms with Gasteiger partial charge in [-0.3, -0.25) is 9.59 Å². The summed E-state index contributed by atoms with van der Waals surface area (Å²) in [6, 6.07) is 9.25. The second-order valence-electron chi connectivity index (χ2n) is 5.84. The molecule has 148 valence electrons. The third-order valence-corrected chi connectivity index (χ3v) is 3.80. The van der Waals surface area contributed by atoms with Crippen molar-refractivity contribution in [3.63, 3.8) is 0 Å². The number of rotatable bonds is 9. The van der Waals surface area contributed by atoms with Crippen LogP contribution in [0.4, 0.5) is 10.1 Å². The first kappa shape index (κ1) is 21.0. The topological polar surface area (TPSA) is 105 Å². The van der Waals surface area contributed by atoms with Gasteiger partial charge in [-0.2, -0.15) is 0 Å². The maximum atomic E-state index is 14.0. The van der Waals surface area contributed by atoms with Crippen LogP contribution in [0, 0.1) is 5.82 Å². The molecule has 8 heteroatoms. The molecule has 0 aliphatic heterocycles. The fourth-order valence-corrected chi connectivity index (χ4v) is 2.39. The molecule has 2 aromatic carbocycles. The zero-order valence-electron chi connectivity index (χ0n) is 15.3. The summed E-state index contributed by atoms with van der Waals surface area (Å²) in [4.78, 5) is 35.3. The highest BCUT2D eigenvalue weighted by atomic mass is 19.1. The molecule has 0 aromatic heterocycles. The van der Waals surface area contributed by atoms with Gasteiger partial charge in [0.05, 0.1) is 11.1 Å². The number of carbonyl (C=O) groups excluding carboxylic acids is 2.